The number of nitrogen functional groups attached to an aromatic ring is 1. The summed E-state index contributed by atoms with van der Waals surface area (Å²) in [7, 11) is 0. The number of nitrogens with two attached hydrogens (primary N) is 1. The van der Waals surface area contributed by atoms with Crippen LogP contribution in [0.15, 0.2) is 18.2 Å². The molecule has 0 radical (unpaired) electrons. The van der Waals surface area contributed by atoms with Gasteiger partial charge >= 0.3 is 0 Å². The van der Waals surface area contributed by atoms with Crippen molar-refractivity contribution in [2.24, 2.45) is 5.92 Å². The second kappa shape index (κ2) is 5.87. The Kier molecular flexibility index (Phi) is 4.20. The van der Waals surface area contributed by atoms with E-state index >= 15 is 0 Å². The Morgan fingerprint density at radius 2 is 2.17 bits per heavy atom. The molecule has 1 aromatic rings. The van der Waals surface area contributed by atoms with Crippen molar-refractivity contribution in [3.63, 3.8) is 0 Å². The highest BCUT2D eigenvalue weighted by Crippen LogP contribution is 2.15. The molecule has 0 aliphatic carbocycles. The summed E-state index contributed by atoms with van der Waals surface area (Å²) in [5.41, 5.74) is 7.98. The number of nitrogens with one attached hydrogen (secondary N) is 1. The average molecular weight is 248 g/mol. The molecule has 1 saturated heterocycles. The van der Waals surface area contributed by atoms with Gasteiger partial charge in [0.05, 0.1) is 0 Å². The largest absolute Gasteiger partial charge is 0.399 e. The molecule has 0 saturated carbocycles. The van der Waals surface area contributed by atoms with Crippen molar-refractivity contribution in [3.05, 3.63) is 29.3 Å². The zero-order valence-corrected chi connectivity index (χ0v) is 10.7. The van der Waals surface area contributed by atoms with Crippen molar-refractivity contribution in [2.45, 2.75) is 19.8 Å². The Hall–Kier alpha value is -1.55. The van der Waals surface area contributed by atoms with Crippen LogP contribution in [0.3, 0.4) is 0 Å². The molecule has 0 atom stereocenters. The van der Waals surface area contributed by atoms with Gasteiger partial charge in [0.2, 0.25) is 0 Å². The van der Waals surface area contributed by atoms with E-state index in [2.05, 4.69) is 5.32 Å². The van der Waals surface area contributed by atoms with Gasteiger partial charge in [-0.1, -0.05) is 0 Å². The molecule has 0 unspecified atom stereocenters. The van der Waals surface area contributed by atoms with E-state index in [0.29, 0.717) is 17.2 Å². The lowest BCUT2D eigenvalue weighted by Gasteiger charge is -2.22. The number of ether oxygens (including phenoxy) is 1. The Morgan fingerprint density at radius 3 is 2.83 bits per heavy atom. The summed E-state index contributed by atoms with van der Waals surface area (Å²) in [4.78, 5) is 12.0. The highest BCUT2D eigenvalue weighted by molar-refractivity contribution is 5.95. The van der Waals surface area contributed by atoms with Crippen LogP contribution in [0.2, 0.25) is 0 Å². The van der Waals surface area contributed by atoms with Crippen molar-refractivity contribution in [1.82, 2.24) is 5.32 Å². The predicted octanol–water partition coefficient (Wildman–Crippen LogP) is 1.73. The lowest BCUT2D eigenvalue weighted by molar-refractivity contribution is 0.0642. The summed E-state index contributed by atoms with van der Waals surface area (Å²) in [5, 5.41) is 2.99. The molecule has 1 fully saturated rings. The minimum Gasteiger partial charge on any atom is -0.399 e. The first-order valence-corrected chi connectivity index (χ1v) is 6.39. The smallest absolute Gasteiger partial charge is 0.251 e. The number of hydrogen-bond acceptors (Lipinski definition) is 3. The van der Waals surface area contributed by atoms with E-state index in [1.54, 1.807) is 12.1 Å². The summed E-state index contributed by atoms with van der Waals surface area (Å²) in [6.07, 6.45) is 2.06. The fourth-order valence-electron chi connectivity index (χ4n) is 2.22. The first kappa shape index (κ1) is 12.9. The van der Waals surface area contributed by atoms with E-state index in [1.165, 1.54) is 0 Å². The van der Waals surface area contributed by atoms with E-state index in [4.69, 9.17) is 10.5 Å². The van der Waals surface area contributed by atoms with E-state index in [0.717, 1.165) is 38.2 Å². The highest BCUT2D eigenvalue weighted by Gasteiger charge is 2.15. The third-order valence-electron chi connectivity index (χ3n) is 3.39. The number of hydrogen-bond donors (Lipinski definition) is 2. The standard InChI is InChI=1S/C14H20N2O2/c1-10-8-12(15)2-3-13(10)14(17)16-9-11-4-6-18-7-5-11/h2-3,8,11H,4-7,9,15H2,1H3,(H,16,17). The molecule has 1 heterocycles. The van der Waals surface area contributed by atoms with Gasteiger partial charge in [-0.2, -0.15) is 0 Å². The molecule has 2 rings (SSSR count). The fourth-order valence-corrected chi connectivity index (χ4v) is 2.22. The van der Waals surface area contributed by atoms with Crippen LogP contribution in [0.4, 0.5) is 5.69 Å². The molecule has 98 valence electrons. The van der Waals surface area contributed by atoms with Crippen LogP contribution in [-0.4, -0.2) is 25.7 Å². The summed E-state index contributed by atoms with van der Waals surface area (Å²) in [6, 6.07) is 5.36. The van der Waals surface area contributed by atoms with Gasteiger partial charge in [0.1, 0.15) is 0 Å². The maximum absolute atomic E-state index is 12.0. The molecule has 3 N–H and O–H groups in total. The second-order valence-corrected chi connectivity index (χ2v) is 4.84. The van der Waals surface area contributed by atoms with Crippen molar-refractivity contribution in [1.29, 1.82) is 0 Å². The lowest BCUT2D eigenvalue weighted by atomic mass is 10.00. The van der Waals surface area contributed by atoms with Gasteiger partial charge in [0, 0.05) is 31.0 Å². The molecule has 18 heavy (non-hydrogen) atoms. The Bertz CT molecular complexity index is 426. The van der Waals surface area contributed by atoms with Crippen molar-refractivity contribution in [3.8, 4) is 0 Å². The Balaban J connectivity index is 1.90. The van der Waals surface area contributed by atoms with Gasteiger partial charge in [0.15, 0.2) is 0 Å². The monoisotopic (exact) mass is 248 g/mol. The molecule has 0 spiro atoms. The van der Waals surface area contributed by atoms with Crippen molar-refractivity contribution >= 4 is 11.6 Å². The van der Waals surface area contributed by atoms with Crippen LogP contribution < -0.4 is 11.1 Å². The molecule has 4 nitrogen and oxygen atoms in total. The van der Waals surface area contributed by atoms with Crippen LogP contribution in [-0.2, 0) is 4.74 Å². The topological polar surface area (TPSA) is 64.4 Å². The first-order chi connectivity index (χ1) is 8.66. The summed E-state index contributed by atoms with van der Waals surface area (Å²) in [6.45, 7) is 4.24. The predicted molar refractivity (Wildman–Crippen MR) is 71.5 cm³/mol. The molecule has 1 aliphatic heterocycles. The van der Waals surface area contributed by atoms with Gasteiger partial charge in [0.25, 0.3) is 5.91 Å². The minimum atomic E-state index is -0.0148. The quantitative estimate of drug-likeness (QED) is 0.801. The summed E-state index contributed by atoms with van der Waals surface area (Å²) < 4.78 is 5.30. The molecular formula is C14H20N2O2. The SMILES string of the molecule is Cc1cc(N)ccc1C(=O)NCC1CCOCC1. The average Bonchev–Trinajstić information content (AvgIpc) is 2.37. The van der Waals surface area contributed by atoms with Gasteiger partial charge in [-0.25, -0.2) is 0 Å². The summed E-state index contributed by atoms with van der Waals surface area (Å²) in [5.74, 6) is 0.524. The van der Waals surface area contributed by atoms with Gasteiger partial charge in [-0.15, -0.1) is 0 Å². The third kappa shape index (κ3) is 3.23. The van der Waals surface area contributed by atoms with Crippen molar-refractivity contribution < 1.29 is 9.53 Å². The van der Waals surface area contributed by atoms with Gasteiger partial charge in [-0.05, 0) is 49.4 Å². The van der Waals surface area contributed by atoms with E-state index < -0.39 is 0 Å². The highest BCUT2D eigenvalue weighted by atomic mass is 16.5. The molecule has 0 aromatic heterocycles. The molecule has 4 heteroatoms. The van der Waals surface area contributed by atoms with Gasteiger partial charge in [-0.3, -0.25) is 4.79 Å². The number of rotatable bonds is 3. The van der Waals surface area contributed by atoms with Gasteiger partial charge < -0.3 is 15.8 Å². The Labute approximate surface area is 108 Å². The molecule has 1 aliphatic rings. The normalized spacial score (nSPS) is 16.5. The second-order valence-electron chi connectivity index (χ2n) is 4.84. The molecular weight excluding hydrogens is 228 g/mol. The fraction of sp³-hybridized carbons (Fsp3) is 0.500. The maximum Gasteiger partial charge on any atom is 0.251 e. The third-order valence-corrected chi connectivity index (χ3v) is 3.39. The maximum atomic E-state index is 12.0. The molecule has 1 aromatic carbocycles. The number of benzene rings is 1. The van der Waals surface area contributed by atoms with Crippen LogP contribution in [0.1, 0.15) is 28.8 Å². The summed E-state index contributed by atoms with van der Waals surface area (Å²) >= 11 is 0. The van der Waals surface area contributed by atoms with Crippen molar-refractivity contribution in [2.75, 3.05) is 25.5 Å². The zero-order valence-electron chi connectivity index (χ0n) is 10.7. The number of aryl methyl sites for hydroxylation is 1. The van der Waals surface area contributed by atoms with E-state index in [-0.39, 0.29) is 5.91 Å². The van der Waals surface area contributed by atoms with E-state index in [1.807, 2.05) is 13.0 Å². The lowest BCUT2D eigenvalue weighted by Crippen LogP contribution is -2.32. The van der Waals surface area contributed by atoms with E-state index in [9.17, 15) is 4.79 Å². The minimum absolute atomic E-state index is 0.0148. The van der Waals surface area contributed by atoms with Crippen LogP contribution in [0, 0.1) is 12.8 Å². The van der Waals surface area contributed by atoms with Crippen LogP contribution in [0.25, 0.3) is 0 Å². The number of carbonyl (C=O) groups excluding carboxylic acids is 1. The van der Waals surface area contributed by atoms with Crippen LogP contribution >= 0.6 is 0 Å². The zero-order chi connectivity index (χ0) is 13.0. The number of amides is 1. The molecule has 1 amide bonds. The number of anilines is 1. The van der Waals surface area contributed by atoms with Crippen LogP contribution in [0.5, 0.6) is 0 Å². The first-order valence-electron chi connectivity index (χ1n) is 6.39. The molecule has 0 bridgehead atoms. The Morgan fingerprint density at radius 1 is 1.44 bits per heavy atom. The number of carbonyl (C=O) groups is 1.